The van der Waals surface area contributed by atoms with Gasteiger partial charge in [-0.05, 0) is 51.3 Å². The molecule has 27 heavy (non-hydrogen) atoms. The number of ether oxygens (including phenoxy) is 2. The van der Waals surface area contributed by atoms with E-state index in [4.69, 9.17) is 9.47 Å². The summed E-state index contributed by atoms with van der Waals surface area (Å²) in [6.45, 7) is 8.16. The van der Waals surface area contributed by atoms with Crippen molar-refractivity contribution in [2.75, 3.05) is 32.1 Å². The topological polar surface area (TPSA) is 83.6 Å². The van der Waals surface area contributed by atoms with Crippen molar-refractivity contribution in [2.45, 2.75) is 33.6 Å². The van der Waals surface area contributed by atoms with E-state index in [1.165, 1.54) is 5.56 Å². The fourth-order valence-corrected chi connectivity index (χ4v) is 2.55. The van der Waals surface area contributed by atoms with E-state index >= 15 is 0 Å². The number of aromatic amines is 1. The van der Waals surface area contributed by atoms with Crippen molar-refractivity contribution < 1.29 is 9.47 Å². The van der Waals surface area contributed by atoms with Crippen molar-refractivity contribution in [2.24, 2.45) is 4.99 Å². The molecule has 0 amide bonds. The summed E-state index contributed by atoms with van der Waals surface area (Å²) in [5, 5.41) is 13.6. The Bertz CT molecular complexity index is 718. The molecule has 1 aromatic heterocycles. The molecule has 8 heteroatoms. The van der Waals surface area contributed by atoms with Crippen LogP contribution in [0.25, 0.3) is 0 Å². The molecule has 0 aliphatic rings. The maximum Gasteiger partial charge on any atom is 0.195 e. The maximum absolute atomic E-state index is 5.55. The average molecular weight is 487 g/mol. The highest BCUT2D eigenvalue weighted by atomic mass is 127. The van der Waals surface area contributed by atoms with Crippen molar-refractivity contribution in [3.05, 3.63) is 35.7 Å². The fourth-order valence-electron chi connectivity index (χ4n) is 2.55. The third-order valence-corrected chi connectivity index (χ3v) is 3.88. The number of guanidine groups is 1. The molecule has 0 atom stereocenters. The summed E-state index contributed by atoms with van der Waals surface area (Å²) in [6, 6.07) is 5.76. The smallest absolute Gasteiger partial charge is 0.195 e. The van der Waals surface area contributed by atoms with Crippen LogP contribution in [0.5, 0.6) is 11.5 Å². The lowest BCUT2D eigenvalue weighted by Crippen LogP contribution is -2.30. The van der Waals surface area contributed by atoms with Gasteiger partial charge < -0.3 is 20.1 Å². The molecule has 0 spiro atoms. The summed E-state index contributed by atoms with van der Waals surface area (Å²) in [5.74, 6) is 2.18. The van der Waals surface area contributed by atoms with E-state index in [1.807, 2.05) is 45.2 Å². The molecular formula is C19H30IN5O2. The van der Waals surface area contributed by atoms with Crippen LogP contribution in [0.15, 0.2) is 29.4 Å². The predicted molar refractivity (Wildman–Crippen MR) is 121 cm³/mol. The van der Waals surface area contributed by atoms with E-state index < -0.39 is 0 Å². The Labute approximate surface area is 178 Å². The third-order valence-electron chi connectivity index (χ3n) is 3.88. The zero-order valence-electron chi connectivity index (χ0n) is 16.5. The van der Waals surface area contributed by atoms with E-state index in [-0.39, 0.29) is 24.0 Å². The normalized spacial score (nSPS) is 10.9. The number of halogens is 1. The van der Waals surface area contributed by atoms with Crippen LogP contribution in [0, 0.1) is 6.92 Å². The minimum Gasteiger partial charge on any atom is -0.493 e. The number of H-pyrrole nitrogens is 1. The molecule has 2 rings (SSSR count). The van der Waals surface area contributed by atoms with E-state index in [0.29, 0.717) is 12.4 Å². The Morgan fingerprint density at radius 3 is 2.70 bits per heavy atom. The number of methoxy groups -OCH3 is 1. The van der Waals surface area contributed by atoms with Gasteiger partial charge in [-0.25, -0.2) is 0 Å². The largest absolute Gasteiger partial charge is 0.493 e. The number of hydrogen-bond donors (Lipinski definition) is 3. The van der Waals surface area contributed by atoms with Gasteiger partial charge in [0.1, 0.15) is 0 Å². The Balaban J connectivity index is 0.00000364. The van der Waals surface area contributed by atoms with Gasteiger partial charge in [-0.1, -0.05) is 0 Å². The van der Waals surface area contributed by atoms with Gasteiger partial charge >= 0.3 is 0 Å². The molecular weight excluding hydrogens is 457 g/mol. The van der Waals surface area contributed by atoms with Crippen LogP contribution in [0.1, 0.15) is 31.5 Å². The zero-order chi connectivity index (χ0) is 18.8. The Morgan fingerprint density at radius 2 is 2.07 bits per heavy atom. The molecule has 0 bridgehead atoms. The first-order valence-corrected chi connectivity index (χ1v) is 9.02. The van der Waals surface area contributed by atoms with Gasteiger partial charge in [0.05, 0.1) is 19.9 Å². The number of aliphatic imine (C=N–C) groups is 1. The summed E-state index contributed by atoms with van der Waals surface area (Å²) >= 11 is 0. The van der Waals surface area contributed by atoms with Crippen LogP contribution in [0.4, 0.5) is 5.69 Å². The zero-order valence-corrected chi connectivity index (χ0v) is 18.8. The van der Waals surface area contributed by atoms with Crippen LogP contribution in [0.3, 0.4) is 0 Å². The van der Waals surface area contributed by atoms with Gasteiger partial charge in [0.15, 0.2) is 17.5 Å². The van der Waals surface area contributed by atoms with Crippen LogP contribution in [-0.4, -0.2) is 43.0 Å². The first-order chi connectivity index (χ1) is 12.7. The number of benzene rings is 1. The van der Waals surface area contributed by atoms with Crippen LogP contribution >= 0.6 is 24.0 Å². The van der Waals surface area contributed by atoms with E-state index in [2.05, 4.69) is 25.8 Å². The third kappa shape index (κ3) is 7.28. The lowest BCUT2D eigenvalue weighted by Gasteiger charge is -2.14. The van der Waals surface area contributed by atoms with Gasteiger partial charge in [0, 0.05) is 30.5 Å². The molecule has 1 aromatic carbocycles. The minimum absolute atomic E-state index is 0. The van der Waals surface area contributed by atoms with Crippen molar-refractivity contribution in [3.8, 4) is 11.5 Å². The Morgan fingerprint density at radius 1 is 1.26 bits per heavy atom. The van der Waals surface area contributed by atoms with E-state index in [1.54, 1.807) is 7.11 Å². The number of nitrogens with zero attached hydrogens (tertiary/aromatic N) is 2. The van der Waals surface area contributed by atoms with Gasteiger partial charge in [-0.3, -0.25) is 10.1 Å². The average Bonchev–Trinajstić information content (AvgIpc) is 3.05. The van der Waals surface area contributed by atoms with Gasteiger partial charge in [0.2, 0.25) is 0 Å². The Kier molecular flexibility index (Phi) is 10.6. The minimum atomic E-state index is 0. The quantitative estimate of drug-likeness (QED) is 0.217. The van der Waals surface area contributed by atoms with Crippen LogP contribution in [-0.2, 0) is 6.42 Å². The van der Waals surface area contributed by atoms with Crippen LogP contribution in [0.2, 0.25) is 0 Å². The van der Waals surface area contributed by atoms with Gasteiger partial charge in [-0.15, -0.1) is 24.0 Å². The highest BCUT2D eigenvalue weighted by Crippen LogP contribution is 2.30. The molecule has 7 nitrogen and oxygen atoms in total. The molecule has 150 valence electrons. The lowest BCUT2D eigenvalue weighted by molar-refractivity contribution is 0.311. The summed E-state index contributed by atoms with van der Waals surface area (Å²) in [7, 11) is 1.64. The molecule has 0 unspecified atom stereocenters. The number of aryl methyl sites for hydroxylation is 2. The summed E-state index contributed by atoms with van der Waals surface area (Å²) in [6.07, 6.45) is 3.81. The number of hydrogen-bond acceptors (Lipinski definition) is 4. The van der Waals surface area contributed by atoms with Gasteiger partial charge in [0.25, 0.3) is 0 Å². The number of anilines is 1. The lowest BCUT2D eigenvalue weighted by atomic mass is 10.1. The highest BCUT2D eigenvalue weighted by Gasteiger charge is 2.07. The molecule has 1 heterocycles. The number of nitrogens with one attached hydrogen (secondary N) is 3. The summed E-state index contributed by atoms with van der Waals surface area (Å²) in [5.41, 5.74) is 3.27. The second-order valence-corrected chi connectivity index (χ2v) is 5.81. The molecule has 2 aromatic rings. The number of aromatic nitrogens is 2. The van der Waals surface area contributed by atoms with Crippen LogP contribution < -0.4 is 20.1 Å². The molecule has 0 fully saturated rings. The molecule has 3 N–H and O–H groups in total. The highest BCUT2D eigenvalue weighted by molar-refractivity contribution is 14.0. The molecule has 0 saturated carbocycles. The van der Waals surface area contributed by atoms with Crippen molar-refractivity contribution in [1.82, 2.24) is 15.5 Å². The molecule has 0 radical (unpaired) electrons. The Hall–Kier alpha value is -1.97. The van der Waals surface area contributed by atoms with Crippen molar-refractivity contribution >= 4 is 35.6 Å². The molecule has 0 aliphatic carbocycles. The molecule has 0 saturated heterocycles. The van der Waals surface area contributed by atoms with Crippen molar-refractivity contribution in [1.29, 1.82) is 0 Å². The second kappa shape index (κ2) is 12.4. The summed E-state index contributed by atoms with van der Waals surface area (Å²) < 4.78 is 11.0. The summed E-state index contributed by atoms with van der Waals surface area (Å²) in [4.78, 5) is 4.64. The van der Waals surface area contributed by atoms with E-state index in [9.17, 15) is 0 Å². The fraction of sp³-hybridized carbons (Fsp3) is 0.474. The first kappa shape index (κ1) is 23.1. The standard InChI is InChI=1S/C19H29N5O2.HI/c1-5-20-19(21-11-7-8-15-13-22-24-14(15)3)23-16-9-10-17(26-6-2)18(12-16)25-4;/h9-10,12-13H,5-8,11H2,1-4H3,(H,22,24)(H2,20,21,23);1H. The van der Waals surface area contributed by atoms with E-state index in [0.717, 1.165) is 49.0 Å². The predicted octanol–water partition coefficient (Wildman–Crippen LogP) is 3.75. The maximum atomic E-state index is 5.55. The second-order valence-electron chi connectivity index (χ2n) is 5.81. The first-order valence-electron chi connectivity index (χ1n) is 9.02. The van der Waals surface area contributed by atoms with Crippen molar-refractivity contribution in [3.63, 3.8) is 0 Å². The molecule has 0 aliphatic heterocycles. The SMILES string of the molecule is CCNC(=NCCCc1cn[nH]c1C)Nc1ccc(OCC)c(OC)c1.I. The number of rotatable bonds is 9. The van der Waals surface area contributed by atoms with Gasteiger partial charge in [-0.2, -0.15) is 5.10 Å². The monoisotopic (exact) mass is 487 g/mol.